The summed E-state index contributed by atoms with van der Waals surface area (Å²) < 4.78 is 52.6. The Hall–Kier alpha value is -1.05. The molecule has 0 aliphatic carbocycles. The van der Waals surface area contributed by atoms with Crippen molar-refractivity contribution in [2.75, 3.05) is 6.61 Å². The minimum atomic E-state index is -3.93. The summed E-state index contributed by atoms with van der Waals surface area (Å²) in [5, 5.41) is -0.185. The summed E-state index contributed by atoms with van der Waals surface area (Å²) in [5.74, 6) is -1.45. The van der Waals surface area contributed by atoms with Crippen LogP contribution in [0.2, 0.25) is 18.1 Å². The monoisotopic (exact) mass is 564 g/mol. The van der Waals surface area contributed by atoms with Crippen LogP contribution in [0.4, 0.5) is 4.79 Å². The van der Waals surface area contributed by atoms with Gasteiger partial charge in [-0.15, -0.1) is 0 Å². The molecule has 0 radical (unpaired) electrons. The van der Waals surface area contributed by atoms with Gasteiger partial charge in [-0.25, -0.2) is 22.8 Å². The molecule has 2 heterocycles. The van der Waals surface area contributed by atoms with E-state index in [2.05, 4.69) is 38.6 Å². The first kappa shape index (κ1) is 32.2. The van der Waals surface area contributed by atoms with Gasteiger partial charge < -0.3 is 18.6 Å². The summed E-state index contributed by atoms with van der Waals surface area (Å²) in [5.41, 5.74) is -0.865. The molecule has 0 bridgehead atoms. The Morgan fingerprint density at radius 2 is 1.65 bits per heavy atom. The van der Waals surface area contributed by atoms with Gasteiger partial charge in [0.15, 0.2) is 14.1 Å². The van der Waals surface area contributed by atoms with Crippen LogP contribution in [0.15, 0.2) is 0 Å². The van der Waals surface area contributed by atoms with Crippen molar-refractivity contribution in [3.63, 3.8) is 0 Å². The molecule has 0 aromatic rings. The first-order valence-corrected chi connectivity index (χ1v) is 17.2. The van der Waals surface area contributed by atoms with Gasteiger partial charge in [-0.3, -0.25) is 4.79 Å². The molecule has 216 valence electrons. The molecule has 37 heavy (non-hydrogen) atoms. The summed E-state index contributed by atoms with van der Waals surface area (Å²) in [4.78, 5) is 27.8. The summed E-state index contributed by atoms with van der Waals surface area (Å²) in [6, 6.07) is -2.03. The molecular weight excluding hydrogens is 516 g/mol. The standard InChI is InChI=1S/C25H48N2O8SSi/c1-22(2,3)34-21(29)27-18(28)14-16(35-37(12,13)24(7,8)9)20(27)19(17-15-32-25(10,11)33-17)26-36(30,31)23(4,5)6/h16-17,19-20,26H,14-15H2,1-13H3/t16-,17+,19+,20-/m1/s1. The van der Waals surface area contributed by atoms with Gasteiger partial charge in [-0.05, 0) is 73.5 Å². The van der Waals surface area contributed by atoms with Gasteiger partial charge in [0, 0.05) is 0 Å². The molecule has 12 heteroatoms. The molecule has 2 aliphatic rings. The lowest BCUT2D eigenvalue weighted by atomic mass is 9.99. The van der Waals surface area contributed by atoms with Crippen molar-refractivity contribution in [2.24, 2.45) is 0 Å². The predicted octanol–water partition coefficient (Wildman–Crippen LogP) is 4.15. The van der Waals surface area contributed by atoms with E-state index in [1.54, 1.807) is 55.4 Å². The first-order chi connectivity index (χ1) is 16.3. The highest BCUT2D eigenvalue weighted by Gasteiger charge is 2.56. The Balaban J connectivity index is 2.66. The molecule has 0 saturated carbocycles. The third kappa shape index (κ3) is 7.54. The number of amides is 2. The zero-order chi connectivity index (χ0) is 29.0. The van der Waals surface area contributed by atoms with Crippen molar-refractivity contribution < 1.29 is 36.6 Å². The third-order valence-corrected chi connectivity index (χ3v) is 13.8. The van der Waals surface area contributed by atoms with E-state index in [0.717, 1.165) is 4.90 Å². The highest BCUT2D eigenvalue weighted by molar-refractivity contribution is 7.90. The number of ether oxygens (including phenoxy) is 3. The Labute approximate surface area is 224 Å². The predicted molar refractivity (Wildman–Crippen MR) is 144 cm³/mol. The highest BCUT2D eigenvalue weighted by atomic mass is 32.2. The van der Waals surface area contributed by atoms with Gasteiger partial charge in [-0.1, -0.05) is 20.8 Å². The molecular formula is C25H48N2O8SSi. The van der Waals surface area contributed by atoms with Crippen molar-refractivity contribution in [1.29, 1.82) is 0 Å². The van der Waals surface area contributed by atoms with Gasteiger partial charge in [0.25, 0.3) is 0 Å². The smallest absolute Gasteiger partial charge is 0.417 e. The van der Waals surface area contributed by atoms with E-state index in [0.29, 0.717) is 0 Å². The number of likely N-dealkylation sites (tertiary alicyclic amines) is 1. The molecule has 0 aromatic heterocycles. The SMILES string of the molecule is CC(C)(C)OC(=O)N1C(=O)C[C@@H](O[Si](C)(C)C(C)(C)C)[C@@H]1[C@@H](NS(=O)(=O)C(C)(C)C)[C@@H]1COC(C)(C)O1. The Kier molecular flexibility index (Phi) is 8.83. The van der Waals surface area contributed by atoms with Crippen LogP contribution in [0, 0.1) is 0 Å². The van der Waals surface area contributed by atoms with Gasteiger partial charge in [0.05, 0.1) is 36.0 Å². The van der Waals surface area contributed by atoms with Crippen LogP contribution in [-0.2, 0) is 33.5 Å². The zero-order valence-corrected chi connectivity index (χ0v) is 26.7. The number of hydrogen-bond donors (Lipinski definition) is 1. The van der Waals surface area contributed by atoms with Crippen LogP contribution >= 0.6 is 0 Å². The number of carbonyl (C=O) groups excluding carboxylic acids is 2. The second kappa shape index (κ2) is 10.2. The molecule has 10 nitrogen and oxygen atoms in total. The Morgan fingerprint density at radius 3 is 2.05 bits per heavy atom. The average Bonchev–Trinajstić information content (AvgIpc) is 3.14. The molecule has 1 N–H and O–H groups in total. The summed E-state index contributed by atoms with van der Waals surface area (Å²) >= 11 is 0. The molecule has 2 rings (SSSR count). The Bertz CT molecular complexity index is 976. The fourth-order valence-electron chi connectivity index (χ4n) is 3.93. The maximum absolute atomic E-state index is 13.4. The molecule has 2 fully saturated rings. The largest absolute Gasteiger partial charge is 0.443 e. The normalized spacial score (nSPS) is 26.5. The maximum atomic E-state index is 13.4. The molecule has 2 amide bonds. The number of imide groups is 1. The second-order valence-corrected chi connectivity index (χ2v) is 21.2. The minimum Gasteiger partial charge on any atom is -0.443 e. The third-order valence-electron chi connectivity index (χ3n) is 7.06. The highest BCUT2D eigenvalue weighted by Crippen LogP contribution is 2.41. The van der Waals surface area contributed by atoms with Crippen LogP contribution in [0.1, 0.15) is 82.6 Å². The van der Waals surface area contributed by atoms with Crippen LogP contribution in [0.25, 0.3) is 0 Å². The minimum absolute atomic E-state index is 0.0734. The lowest BCUT2D eigenvalue weighted by Crippen LogP contribution is -2.63. The van der Waals surface area contributed by atoms with E-state index in [1.165, 1.54) is 0 Å². The van der Waals surface area contributed by atoms with Crippen molar-refractivity contribution in [1.82, 2.24) is 9.62 Å². The lowest BCUT2D eigenvalue weighted by Gasteiger charge is -2.43. The van der Waals surface area contributed by atoms with E-state index in [4.69, 9.17) is 18.6 Å². The number of nitrogens with one attached hydrogen (secondary N) is 1. The van der Waals surface area contributed by atoms with Crippen LogP contribution in [0.5, 0.6) is 0 Å². The van der Waals surface area contributed by atoms with Crippen LogP contribution < -0.4 is 4.72 Å². The van der Waals surface area contributed by atoms with E-state index < -0.39 is 70.8 Å². The number of carbonyl (C=O) groups is 2. The summed E-state index contributed by atoms with van der Waals surface area (Å²) in [6.07, 6.45) is -2.47. The molecule has 2 saturated heterocycles. The lowest BCUT2D eigenvalue weighted by molar-refractivity contribution is -0.144. The van der Waals surface area contributed by atoms with Crippen LogP contribution in [-0.4, -0.2) is 80.7 Å². The quantitative estimate of drug-likeness (QED) is 0.478. The molecule has 0 unspecified atom stereocenters. The average molecular weight is 565 g/mol. The van der Waals surface area contributed by atoms with E-state index in [9.17, 15) is 18.0 Å². The summed E-state index contributed by atoms with van der Waals surface area (Å²) in [6.45, 7) is 23.7. The van der Waals surface area contributed by atoms with Crippen molar-refractivity contribution in [3.05, 3.63) is 0 Å². The fraction of sp³-hybridized carbons (Fsp3) is 0.920. The van der Waals surface area contributed by atoms with Gasteiger partial charge >= 0.3 is 6.09 Å². The van der Waals surface area contributed by atoms with Crippen molar-refractivity contribution in [3.8, 4) is 0 Å². The van der Waals surface area contributed by atoms with Crippen molar-refractivity contribution >= 4 is 30.3 Å². The topological polar surface area (TPSA) is 120 Å². The molecule has 0 aromatic carbocycles. The van der Waals surface area contributed by atoms with Gasteiger partial charge in [0.1, 0.15) is 11.7 Å². The second-order valence-electron chi connectivity index (χ2n) is 14.0. The maximum Gasteiger partial charge on any atom is 0.417 e. The summed E-state index contributed by atoms with van der Waals surface area (Å²) in [7, 11) is -6.37. The fourth-order valence-corrected chi connectivity index (χ4v) is 6.27. The molecule has 4 atom stereocenters. The van der Waals surface area contributed by atoms with Crippen LogP contribution in [0.3, 0.4) is 0 Å². The first-order valence-electron chi connectivity index (χ1n) is 12.8. The molecule has 2 aliphatic heterocycles. The number of nitrogens with zero attached hydrogens (tertiary/aromatic N) is 1. The van der Waals surface area contributed by atoms with E-state index in [-0.39, 0.29) is 18.1 Å². The Morgan fingerprint density at radius 1 is 1.11 bits per heavy atom. The zero-order valence-electron chi connectivity index (χ0n) is 24.8. The van der Waals surface area contributed by atoms with E-state index in [1.807, 2.05) is 0 Å². The van der Waals surface area contributed by atoms with E-state index >= 15 is 0 Å². The number of rotatable bonds is 6. The number of hydrogen-bond acceptors (Lipinski definition) is 8. The molecule has 0 spiro atoms. The number of sulfonamides is 1. The van der Waals surface area contributed by atoms with Crippen molar-refractivity contribution in [2.45, 2.75) is 141 Å². The van der Waals surface area contributed by atoms with Gasteiger partial charge in [0.2, 0.25) is 15.9 Å². The van der Waals surface area contributed by atoms with Gasteiger partial charge in [-0.2, -0.15) is 0 Å².